The molecule has 8 nitrogen and oxygen atoms in total. The molecule has 0 bridgehead atoms. The summed E-state index contributed by atoms with van der Waals surface area (Å²) in [6.07, 6.45) is -1.11. The monoisotopic (exact) mass is 318 g/mol. The van der Waals surface area contributed by atoms with E-state index in [-0.39, 0.29) is 19.6 Å². The second-order valence-corrected chi connectivity index (χ2v) is 7.67. The number of aliphatic hydroxyl groups is 1. The van der Waals surface area contributed by atoms with Crippen LogP contribution < -0.4 is 0 Å². The summed E-state index contributed by atoms with van der Waals surface area (Å²) >= 11 is 0. The summed E-state index contributed by atoms with van der Waals surface area (Å²) in [6.45, 7) is 3.52. The Morgan fingerprint density at radius 2 is 1.58 bits per heavy atom. The largest absolute Gasteiger partial charge is 0.391 e. The Balaban J connectivity index is 4.44. The van der Waals surface area contributed by atoms with Gasteiger partial charge in [-0.05, 0) is 12.3 Å². The highest BCUT2D eigenvalue weighted by Gasteiger charge is 2.29. The highest BCUT2D eigenvalue weighted by Crippen LogP contribution is 2.44. The first-order valence-electron chi connectivity index (χ1n) is 5.49. The summed E-state index contributed by atoms with van der Waals surface area (Å²) in [5.41, 5.74) is 0. The Kier molecular flexibility index (Phi) is 8.27. The Morgan fingerprint density at radius 3 is 1.95 bits per heavy atom. The van der Waals surface area contributed by atoms with Crippen molar-refractivity contribution in [1.82, 2.24) is 0 Å². The van der Waals surface area contributed by atoms with Crippen LogP contribution in [-0.2, 0) is 13.9 Å². The van der Waals surface area contributed by atoms with Gasteiger partial charge in [0.05, 0.1) is 31.6 Å². The predicted octanol–water partition coefficient (Wildman–Crippen LogP) is -0.0884. The van der Waals surface area contributed by atoms with Gasteiger partial charge in [-0.1, -0.05) is 6.08 Å². The molecule has 0 saturated heterocycles. The van der Waals surface area contributed by atoms with E-state index in [9.17, 15) is 14.2 Å². The molecule has 1 unspecified atom stereocenters. The zero-order valence-electron chi connectivity index (χ0n) is 10.3. The molecule has 5 N–H and O–H groups in total. The van der Waals surface area contributed by atoms with Crippen LogP contribution in [0.3, 0.4) is 0 Å². The molecule has 0 aliphatic rings. The maximum Gasteiger partial charge on any atom is 0.325 e. The first kappa shape index (κ1) is 19.0. The highest BCUT2D eigenvalue weighted by atomic mass is 31.2. The van der Waals surface area contributed by atoms with Gasteiger partial charge in [0.1, 0.15) is 0 Å². The van der Waals surface area contributed by atoms with Crippen LogP contribution in [0.4, 0.5) is 0 Å². The minimum absolute atomic E-state index is 0.0924. The normalized spacial score (nSPS) is 14.6. The molecule has 0 aliphatic carbocycles. The van der Waals surface area contributed by atoms with Crippen molar-refractivity contribution in [2.45, 2.75) is 12.5 Å². The van der Waals surface area contributed by atoms with Crippen LogP contribution in [0.2, 0.25) is 0 Å². The number of hydrogen-bond donors (Lipinski definition) is 5. The van der Waals surface area contributed by atoms with E-state index in [0.717, 1.165) is 0 Å². The molecule has 0 aliphatic heterocycles. The number of aliphatic hydroxyl groups excluding tert-OH is 1. The second kappa shape index (κ2) is 8.29. The molecule has 0 rings (SSSR count). The van der Waals surface area contributed by atoms with E-state index in [1.165, 1.54) is 6.08 Å². The molecule has 114 valence electrons. The van der Waals surface area contributed by atoms with Crippen molar-refractivity contribution in [2.24, 2.45) is 5.92 Å². The van der Waals surface area contributed by atoms with Crippen molar-refractivity contribution < 1.29 is 38.5 Å². The summed E-state index contributed by atoms with van der Waals surface area (Å²) in [6, 6.07) is 0. The average Bonchev–Trinajstić information content (AvgIpc) is 2.11. The van der Waals surface area contributed by atoms with Crippen LogP contribution in [0.5, 0.6) is 0 Å². The van der Waals surface area contributed by atoms with Gasteiger partial charge >= 0.3 is 15.2 Å². The van der Waals surface area contributed by atoms with Crippen LogP contribution in [0.15, 0.2) is 12.7 Å². The summed E-state index contributed by atoms with van der Waals surface area (Å²) in [5, 5.41) is 9.57. The molecule has 19 heavy (non-hydrogen) atoms. The van der Waals surface area contributed by atoms with Crippen LogP contribution in [0.25, 0.3) is 0 Å². The molecular weight excluding hydrogens is 298 g/mol. The maximum atomic E-state index is 10.9. The van der Waals surface area contributed by atoms with Crippen molar-refractivity contribution >= 4 is 15.2 Å². The molecule has 0 heterocycles. The van der Waals surface area contributed by atoms with E-state index >= 15 is 0 Å². The molecule has 0 aromatic heterocycles. The Morgan fingerprint density at radius 1 is 1.11 bits per heavy atom. The van der Waals surface area contributed by atoms with Crippen molar-refractivity contribution in [1.29, 1.82) is 0 Å². The van der Waals surface area contributed by atoms with Crippen LogP contribution in [0, 0.1) is 5.92 Å². The summed E-state index contributed by atoms with van der Waals surface area (Å²) in [4.78, 5) is 35.4. The van der Waals surface area contributed by atoms with Crippen molar-refractivity contribution in [3.8, 4) is 0 Å². The molecule has 0 amide bonds. The van der Waals surface area contributed by atoms with E-state index in [1.54, 1.807) is 0 Å². The van der Waals surface area contributed by atoms with Crippen molar-refractivity contribution in [3.63, 3.8) is 0 Å². The highest BCUT2D eigenvalue weighted by molar-refractivity contribution is 7.52. The lowest BCUT2D eigenvalue weighted by molar-refractivity contribution is 0.0376. The smallest absolute Gasteiger partial charge is 0.325 e. The maximum absolute atomic E-state index is 10.9. The zero-order valence-corrected chi connectivity index (χ0v) is 12.1. The van der Waals surface area contributed by atoms with Gasteiger partial charge in [0.2, 0.25) is 0 Å². The molecule has 0 aromatic rings. The Labute approximate surface area is 111 Å². The molecule has 0 radical (unpaired) electrons. The lowest BCUT2D eigenvalue weighted by Gasteiger charge is -2.21. The standard InChI is InChI=1S/C9H20O8P2/c1-2-3-17-5-9(10)4-8(6-18(11,12)13)7-19(14,15)16/h2,8-10H,1,3-7H2,(H2,11,12,13)(H2,14,15,16). The molecule has 10 heteroatoms. The molecule has 0 spiro atoms. The molecule has 0 aromatic carbocycles. The van der Waals surface area contributed by atoms with Crippen LogP contribution >= 0.6 is 15.2 Å². The number of rotatable bonds is 10. The zero-order chi connectivity index (χ0) is 15.1. The molecule has 0 fully saturated rings. The van der Waals surface area contributed by atoms with Gasteiger partial charge in [0.15, 0.2) is 0 Å². The molecular formula is C9H20O8P2. The molecule has 0 saturated carbocycles. The van der Waals surface area contributed by atoms with E-state index in [2.05, 4.69) is 6.58 Å². The van der Waals surface area contributed by atoms with Gasteiger partial charge in [-0.25, -0.2) is 0 Å². The fraction of sp³-hybridized carbons (Fsp3) is 0.778. The SMILES string of the molecule is C=CCOCC(O)CC(CP(=O)(O)O)CP(=O)(O)O. The third kappa shape index (κ3) is 12.7. The van der Waals surface area contributed by atoms with Gasteiger partial charge in [-0.3, -0.25) is 9.13 Å². The molecule has 1 atom stereocenters. The Bertz CT molecular complexity index is 335. The predicted molar refractivity (Wildman–Crippen MR) is 69.0 cm³/mol. The third-order valence-electron chi connectivity index (χ3n) is 2.14. The first-order chi connectivity index (χ1) is 8.53. The van der Waals surface area contributed by atoms with E-state index in [0.29, 0.717) is 0 Å². The first-order valence-corrected chi connectivity index (χ1v) is 9.09. The Hall–Kier alpha value is -0.0400. The summed E-state index contributed by atoms with van der Waals surface area (Å²) < 4.78 is 26.7. The van der Waals surface area contributed by atoms with Crippen molar-refractivity contribution in [2.75, 3.05) is 25.5 Å². The van der Waals surface area contributed by atoms with Gasteiger partial charge in [-0.2, -0.15) is 0 Å². The van der Waals surface area contributed by atoms with Crippen LogP contribution in [0.1, 0.15) is 6.42 Å². The van der Waals surface area contributed by atoms with Gasteiger partial charge in [-0.15, -0.1) is 6.58 Å². The summed E-state index contributed by atoms with van der Waals surface area (Å²) in [7, 11) is -8.81. The fourth-order valence-electron chi connectivity index (χ4n) is 1.62. The minimum atomic E-state index is -4.41. The van der Waals surface area contributed by atoms with E-state index in [1.807, 2.05) is 0 Å². The topological polar surface area (TPSA) is 145 Å². The van der Waals surface area contributed by atoms with E-state index < -0.39 is 39.5 Å². The second-order valence-electron chi connectivity index (χ2n) is 4.28. The third-order valence-corrected chi connectivity index (χ3v) is 4.13. The fourth-order valence-corrected chi connectivity index (χ4v) is 3.73. The number of hydrogen-bond acceptors (Lipinski definition) is 4. The van der Waals surface area contributed by atoms with Crippen molar-refractivity contribution in [3.05, 3.63) is 12.7 Å². The quantitative estimate of drug-likeness (QED) is 0.213. The van der Waals surface area contributed by atoms with Gasteiger partial charge in [0, 0.05) is 0 Å². The van der Waals surface area contributed by atoms with Crippen LogP contribution in [-0.4, -0.2) is 56.3 Å². The minimum Gasteiger partial charge on any atom is -0.391 e. The van der Waals surface area contributed by atoms with Gasteiger partial charge < -0.3 is 29.4 Å². The van der Waals surface area contributed by atoms with E-state index in [4.69, 9.17) is 24.3 Å². The van der Waals surface area contributed by atoms with Gasteiger partial charge in [0.25, 0.3) is 0 Å². The number of ether oxygens (including phenoxy) is 1. The summed E-state index contributed by atoms with van der Waals surface area (Å²) in [5.74, 6) is -0.982. The average molecular weight is 318 g/mol. The lowest BCUT2D eigenvalue weighted by Crippen LogP contribution is -2.23. The lowest BCUT2D eigenvalue weighted by atomic mass is 10.1.